The Morgan fingerprint density at radius 1 is 1.09 bits per heavy atom. The average molecular weight is 460 g/mol. The zero-order chi connectivity index (χ0) is 23.8. The van der Waals surface area contributed by atoms with E-state index < -0.39 is 18.0 Å². The van der Waals surface area contributed by atoms with Crippen molar-refractivity contribution >= 4 is 23.8 Å². The first-order valence-electron chi connectivity index (χ1n) is 11.1. The molecule has 174 valence electrons. The summed E-state index contributed by atoms with van der Waals surface area (Å²) in [6.07, 6.45) is -0.673. The molecular formula is C25H24N4O5. The molecule has 2 amide bonds. The molecule has 3 aromatic rings. The average Bonchev–Trinajstić information content (AvgIpc) is 3.53. The number of hydrogen-bond acceptors (Lipinski definition) is 5. The van der Waals surface area contributed by atoms with Crippen LogP contribution in [-0.2, 0) is 9.53 Å². The number of carbonyl (C=O) groups excluding carboxylic acids is 2. The second-order valence-corrected chi connectivity index (χ2v) is 8.75. The van der Waals surface area contributed by atoms with E-state index in [0.29, 0.717) is 6.54 Å². The van der Waals surface area contributed by atoms with Gasteiger partial charge in [-0.3, -0.25) is 20.0 Å². The van der Waals surface area contributed by atoms with Crippen LogP contribution in [0.4, 0.5) is 10.6 Å². The van der Waals surface area contributed by atoms with Gasteiger partial charge in [0.1, 0.15) is 12.3 Å². The number of ether oxygens (including phenoxy) is 1. The van der Waals surface area contributed by atoms with Crippen molar-refractivity contribution in [3.05, 3.63) is 71.4 Å². The molecule has 1 fully saturated rings. The van der Waals surface area contributed by atoms with E-state index in [2.05, 4.69) is 27.6 Å². The first kappa shape index (κ1) is 21.7. The molecule has 5 rings (SSSR count). The van der Waals surface area contributed by atoms with Crippen molar-refractivity contribution in [2.75, 3.05) is 25.0 Å². The van der Waals surface area contributed by atoms with E-state index in [9.17, 15) is 19.5 Å². The summed E-state index contributed by atoms with van der Waals surface area (Å²) in [4.78, 5) is 37.9. The number of fused-ring (bicyclic) bond motifs is 3. The Hall–Kier alpha value is -4.14. The highest BCUT2D eigenvalue weighted by atomic mass is 16.5. The Labute approximate surface area is 195 Å². The van der Waals surface area contributed by atoms with Gasteiger partial charge >= 0.3 is 12.1 Å². The van der Waals surface area contributed by atoms with Gasteiger partial charge in [0.25, 0.3) is 5.91 Å². The molecule has 0 spiro atoms. The second kappa shape index (κ2) is 8.66. The first-order chi connectivity index (χ1) is 16.4. The van der Waals surface area contributed by atoms with Gasteiger partial charge < -0.3 is 14.7 Å². The number of anilines is 1. The van der Waals surface area contributed by atoms with Gasteiger partial charge in [-0.2, -0.15) is 5.10 Å². The third-order valence-electron chi connectivity index (χ3n) is 6.60. The van der Waals surface area contributed by atoms with Gasteiger partial charge in [0.15, 0.2) is 5.82 Å². The Balaban J connectivity index is 1.21. The van der Waals surface area contributed by atoms with E-state index >= 15 is 0 Å². The quantitative estimate of drug-likeness (QED) is 0.535. The number of carboxylic acid groups (broad SMARTS) is 1. The molecule has 0 bridgehead atoms. The molecule has 1 aliphatic carbocycles. The van der Waals surface area contributed by atoms with Crippen molar-refractivity contribution in [2.24, 2.45) is 11.8 Å². The molecule has 0 saturated carbocycles. The monoisotopic (exact) mass is 460 g/mol. The van der Waals surface area contributed by atoms with Crippen LogP contribution in [0.2, 0.25) is 0 Å². The minimum atomic E-state index is -0.912. The van der Waals surface area contributed by atoms with Crippen LogP contribution in [0.25, 0.3) is 11.1 Å². The van der Waals surface area contributed by atoms with E-state index in [1.807, 2.05) is 43.3 Å². The van der Waals surface area contributed by atoms with E-state index in [1.54, 1.807) is 0 Å². The van der Waals surface area contributed by atoms with Crippen LogP contribution >= 0.6 is 0 Å². The molecule has 1 aliphatic heterocycles. The molecule has 2 aromatic carbocycles. The van der Waals surface area contributed by atoms with Crippen molar-refractivity contribution < 1.29 is 24.2 Å². The zero-order valence-corrected chi connectivity index (χ0v) is 18.5. The predicted molar refractivity (Wildman–Crippen MR) is 123 cm³/mol. The van der Waals surface area contributed by atoms with Crippen molar-refractivity contribution in [1.82, 2.24) is 15.1 Å². The number of hydrogen-bond donors (Lipinski definition) is 3. The fourth-order valence-corrected chi connectivity index (χ4v) is 4.86. The molecule has 9 heteroatoms. The van der Waals surface area contributed by atoms with Crippen LogP contribution in [0.5, 0.6) is 0 Å². The van der Waals surface area contributed by atoms with E-state index in [4.69, 9.17) is 4.74 Å². The van der Waals surface area contributed by atoms with E-state index in [0.717, 1.165) is 22.3 Å². The lowest BCUT2D eigenvalue weighted by atomic mass is 9.98. The fourth-order valence-electron chi connectivity index (χ4n) is 4.86. The smallest absolute Gasteiger partial charge is 0.412 e. The number of rotatable bonds is 5. The number of carboxylic acids is 1. The number of benzene rings is 2. The largest absolute Gasteiger partial charge is 0.481 e. The topological polar surface area (TPSA) is 125 Å². The minimum Gasteiger partial charge on any atom is -0.481 e. The molecule has 1 aromatic heterocycles. The van der Waals surface area contributed by atoms with Crippen LogP contribution in [0.1, 0.15) is 34.5 Å². The highest BCUT2D eigenvalue weighted by molar-refractivity contribution is 5.95. The fraction of sp³-hybridized carbons (Fsp3) is 0.280. The third kappa shape index (κ3) is 3.89. The van der Waals surface area contributed by atoms with E-state index in [1.165, 1.54) is 11.0 Å². The highest BCUT2D eigenvalue weighted by Crippen LogP contribution is 2.44. The summed E-state index contributed by atoms with van der Waals surface area (Å²) in [5.41, 5.74) is 4.69. The lowest BCUT2D eigenvalue weighted by molar-refractivity contribution is -0.142. The molecule has 3 N–H and O–H groups in total. The molecule has 2 heterocycles. The zero-order valence-electron chi connectivity index (χ0n) is 18.5. The maximum atomic E-state index is 12.7. The van der Waals surface area contributed by atoms with Crippen LogP contribution in [0, 0.1) is 11.8 Å². The molecule has 1 saturated heterocycles. The number of likely N-dealkylation sites (tertiary alicyclic amines) is 1. The van der Waals surface area contributed by atoms with Crippen molar-refractivity contribution in [2.45, 2.75) is 12.8 Å². The Morgan fingerprint density at radius 3 is 2.35 bits per heavy atom. The maximum Gasteiger partial charge on any atom is 0.412 e. The number of carbonyl (C=O) groups is 3. The molecule has 2 atom stereocenters. The molecule has 9 nitrogen and oxygen atoms in total. The van der Waals surface area contributed by atoms with Gasteiger partial charge in [-0.25, -0.2) is 4.79 Å². The van der Waals surface area contributed by atoms with Gasteiger partial charge in [-0.15, -0.1) is 0 Å². The minimum absolute atomic E-state index is 0.0613. The molecule has 2 aliphatic rings. The van der Waals surface area contributed by atoms with Crippen LogP contribution in [0.15, 0.2) is 54.6 Å². The Morgan fingerprint density at radius 2 is 1.74 bits per heavy atom. The molecule has 2 unspecified atom stereocenters. The Kier molecular flexibility index (Phi) is 5.53. The predicted octanol–water partition coefficient (Wildman–Crippen LogP) is 3.56. The molecule has 0 radical (unpaired) electrons. The van der Waals surface area contributed by atoms with Crippen LogP contribution < -0.4 is 5.32 Å². The number of aliphatic carboxylic acids is 1. The first-order valence-corrected chi connectivity index (χ1v) is 11.1. The van der Waals surface area contributed by atoms with Gasteiger partial charge in [0.05, 0.1) is 5.92 Å². The van der Waals surface area contributed by atoms with Crippen molar-refractivity contribution in [3.63, 3.8) is 0 Å². The summed E-state index contributed by atoms with van der Waals surface area (Å²) >= 11 is 0. The molecule has 34 heavy (non-hydrogen) atoms. The summed E-state index contributed by atoms with van der Waals surface area (Å²) < 4.78 is 5.50. The van der Waals surface area contributed by atoms with Crippen molar-refractivity contribution in [1.29, 1.82) is 0 Å². The number of nitrogens with one attached hydrogen (secondary N) is 2. The SMILES string of the molecule is CC1CN(C(=O)c2cc(NC(=O)OCC3c4ccccc4-c4ccccc43)n[nH]2)CC1C(=O)O. The number of aromatic amines is 1. The Bertz CT molecular complexity index is 1220. The number of aromatic nitrogens is 2. The summed E-state index contributed by atoms with van der Waals surface area (Å²) in [5.74, 6) is -1.90. The standard InChI is InChI=1S/C25H24N4O5/c1-14-11-29(12-19(14)24(31)32)23(30)21-10-22(28-27-21)26-25(33)34-13-20-17-8-4-2-6-15(17)16-7-3-5-9-18(16)20/h2-10,14,19-20H,11-13H2,1H3,(H,31,32)(H2,26,27,28,33). The van der Waals surface area contributed by atoms with E-state index in [-0.39, 0.29) is 42.4 Å². The van der Waals surface area contributed by atoms with Crippen molar-refractivity contribution in [3.8, 4) is 11.1 Å². The van der Waals surface area contributed by atoms with Crippen LogP contribution in [0.3, 0.4) is 0 Å². The summed E-state index contributed by atoms with van der Waals surface area (Å²) in [6, 6.07) is 17.6. The van der Waals surface area contributed by atoms with Gasteiger partial charge in [0, 0.05) is 25.1 Å². The highest BCUT2D eigenvalue weighted by Gasteiger charge is 2.37. The van der Waals surface area contributed by atoms with Crippen LogP contribution in [-0.4, -0.2) is 57.9 Å². The van der Waals surface area contributed by atoms with Gasteiger partial charge in [-0.05, 0) is 28.2 Å². The summed E-state index contributed by atoms with van der Waals surface area (Å²) in [6.45, 7) is 2.47. The second-order valence-electron chi connectivity index (χ2n) is 8.75. The normalized spacial score (nSPS) is 18.9. The summed E-state index contributed by atoms with van der Waals surface area (Å²) in [7, 11) is 0. The lowest BCUT2D eigenvalue weighted by Gasteiger charge is -2.14. The summed E-state index contributed by atoms with van der Waals surface area (Å²) in [5, 5.41) is 18.4. The number of H-pyrrole nitrogens is 1. The lowest BCUT2D eigenvalue weighted by Crippen LogP contribution is -2.30. The third-order valence-corrected chi connectivity index (χ3v) is 6.60. The van der Waals surface area contributed by atoms with Gasteiger partial charge in [-0.1, -0.05) is 55.5 Å². The van der Waals surface area contributed by atoms with Gasteiger partial charge in [0.2, 0.25) is 0 Å². The maximum absolute atomic E-state index is 12.7. The molecular weight excluding hydrogens is 436 g/mol. The number of amides is 2. The number of nitrogens with zero attached hydrogens (tertiary/aromatic N) is 2.